The van der Waals surface area contributed by atoms with E-state index in [2.05, 4.69) is 22.6 Å². The van der Waals surface area contributed by atoms with Crippen LogP contribution in [0.1, 0.15) is 11.6 Å². The molecule has 1 aromatic carbocycles. The standard InChI is InChI=1S/C8H9IN2O/c9-4-1-2-5(10)8-7(4)6(11)3-12-8/h1-2,6H,3,10-11H2/t6-/m0/s1. The van der Waals surface area contributed by atoms with Crippen LogP contribution >= 0.6 is 22.6 Å². The van der Waals surface area contributed by atoms with Gasteiger partial charge in [-0.2, -0.15) is 0 Å². The summed E-state index contributed by atoms with van der Waals surface area (Å²) in [6, 6.07) is 3.79. The highest BCUT2D eigenvalue weighted by molar-refractivity contribution is 14.1. The number of hydrogen-bond acceptors (Lipinski definition) is 3. The Morgan fingerprint density at radius 3 is 2.92 bits per heavy atom. The minimum Gasteiger partial charge on any atom is -0.489 e. The molecule has 2 rings (SSSR count). The Balaban J connectivity index is 2.64. The van der Waals surface area contributed by atoms with Crippen LogP contribution in [0.4, 0.5) is 5.69 Å². The zero-order valence-electron chi connectivity index (χ0n) is 6.38. The van der Waals surface area contributed by atoms with Crippen molar-refractivity contribution in [1.29, 1.82) is 0 Å². The molecule has 1 heterocycles. The van der Waals surface area contributed by atoms with Crippen LogP contribution in [0.25, 0.3) is 0 Å². The second kappa shape index (κ2) is 2.77. The third-order valence-electron chi connectivity index (χ3n) is 1.95. The van der Waals surface area contributed by atoms with E-state index in [1.54, 1.807) is 0 Å². The van der Waals surface area contributed by atoms with Crippen LogP contribution in [-0.4, -0.2) is 6.61 Å². The third kappa shape index (κ3) is 1.06. The Labute approximate surface area is 84.2 Å². The van der Waals surface area contributed by atoms with Crippen molar-refractivity contribution in [2.45, 2.75) is 6.04 Å². The molecule has 0 amide bonds. The Hall–Kier alpha value is -0.490. The average molecular weight is 276 g/mol. The molecule has 1 aliphatic heterocycles. The van der Waals surface area contributed by atoms with Gasteiger partial charge in [0.05, 0.1) is 11.7 Å². The summed E-state index contributed by atoms with van der Waals surface area (Å²) in [4.78, 5) is 0. The lowest BCUT2D eigenvalue weighted by atomic mass is 10.1. The number of anilines is 1. The first-order valence-electron chi connectivity index (χ1n) is 3.66. The molecule has 0 saturated carbocycles. The van der Waals surface area contributed by atoms with E-state index in [0.29, 0.717) is 12.3 Å². The Kier molecular flexibility index (Phi) is 1.88. The largest absolute Gasteiger partial charge is 0.489 e. The Morgan fingerprint density at radius 2 is 2.25 bits per heavy atom. The van der Waals surface area contributed by atoms with Crippen LogP contribution in [0, 0.1) is 3.57 Å². The van der Waals surface area contributed by atoms with E-state index in [4.69, 9.17) is 16.2 Å². The van der Waals surface area contributed by atoms with Crippen LogP contribution < -0.4 is 16.2 Å². The van der Waals surface area contributed by atoms with Gasteiger partial charge in [0.25, 0.3) is 0 Å². The Morgan fingerprint density at radius 1 is 1.50 bits per heavy atom. The van der Waals surface area contributed by atoms with Crippen molar-refractivity contribution >= 4 is 28.3 Å². The zero-order valence-corrected chi connectivity index (χ0v) is 8.54. The minimum atomic E-state index is -0.0181. The average Bonchev–Trinajstić information content (AvgIpc) is 2.42. The fourth-order valence-corrected chi connectivity index (χ4v) is 2.18. The second-order valence-corrected chi connectivity index (χ2v) is 3.96. The summed E-state index contributed by atoms with van der Waals surface area (Å²) in [6.07, 6.45) is 0. The number of nitrogens with two attached hydrogens (primary N) is 2. The molecule has 1 aromatic rings. The molecular formula is C8H9IN2O. The van der Waals surface area contributed by atoms with Crippen molar-refractivity contribution in [2.24, 2.45) is 5.73 Å². The summed E-state index contributed by atoms with van der Waals surface area (Å²) in [6.45, 7) is 0.541. The number of halogens is 1. The van der Waals surface area contributed by atoms with Crippen LogP contribution in [0.3, 0.4) is 0 Å². The highest BCUT2D eigenvalue weighted by Gasteiger charge is 2.24. The highest BCUT2D eigenvalue weighted by Crippen LogP contribution is 2.38. The second-order valence-electron chi connectivity index (χ2n) is 2.80. The van der Waals surface area contributed by atoms with Gasteiger partial charge in [0.15, 0.2) is 0 Å². The molecule has 1 atom stereocenters. The molecule has 4 N–H and O–H groups in total. The number of hydrogen-bond donors (Lipinski definition) is 2. The quantitative estimate of drug-likeness (QED) is 0.554. The van der Waals surface area contributed by atoms with Gasteiger partial charge in [-0.25, -0.2) is 0 Å². The molecule has 0 spiro atoms. The maximum atomic E-state index is 5.83. The van der Waals surface area contributed by atoms with E-state index in [-0.39, 0.29) is 6.04 Å². The van der Waals surface area contributed by atoms with E-state index in [1.807, 2.05) is 12.1 Å². The predicted molar refractivity (Wildman–Crippen MR) is 56.0 cm³/mol. The molecular weight excluding hydrogens is 267 g/mol. The first-order valence-corrected chi connectivity index (χ1v) is 4.74. The van der Waals surface area contributed by atoms with Crippen molar-refractivity contribution in [1.82, 2.24) is 0 Å². The first kappa shape index (κ1) is 8.12. The number of ether oxygens (including phenoxy) is 1. The molecule has 0 saturated heterocycles. The maximum Gasteiger partial charge on any atom is 0.148 e. The summed E-state index contributed by atoms with van der Waals surface area (Å²) in [5.41, 5.74) is 13.3. The number of benzene rings is 1. The molecule has 64 valence electrons. The smallest absolute Gasteiger partial charge is 0.148 e. The fraction of sp³-hybridized carbons (Fsp3) is 0.250. The van der Waals surface area contributed by atoms with Gasteiger partial charge >= 0.3 is 0 Å². The molecule has 1 aliphatic rings. The number of fused-ring (bicyclic) bond motifs is 1. The molecule has 12 heavy (non-hydrogen) atoms. The van der Waals surface area contributed by atoms with E-state index in [1.165, 1.54) is 0 Å². The zero-order chi connectivity index (χ0) is 8.72. The number of rotatable bonds is 0. The summed E-state index contributed by atoms with van der Waals surface area (Å²) >= 11 is 2.24. The molecule has 0 aromatic heterocycles. The van der Waals surface area contributed by atoms with Crippen molar-refractivity contribution < 1.29 is 4.74 Å². The van der Waals surface area contributed by atoms with E-state index >= 15 is 0 Å². The lowest BCUT2D eigenvalue weighted by Gasteiger charge is -2.05. The van der Waals surface area contributed by atoms with Gasteiger partial charge in [-0.15, -0.1) is 0 Å². The molecule has 0 radical (unpaired) electrons. The molecule has 0 aliphatic carbocycles. The van der Waals surface area contributed by atoms with Crippen LogP contribution in [0.2, 0.25) is 0 Å². The molecule has 4 heteroatoms. The SMILES string of the molecule is Nc1ccc(I)c2c1OC[C@@H]2N. The predicted octanol–water partition coefficient (Wildman–Crippen LogP) is 1.27. The Bertz CT molecular complexity index is 327. The van der Waals surface area contributed by atoms with Gasteiger partial charge in [-0.3, -0.25) is 0 Å². The number of nitrogen functional groups attached to an aromatic ring is 1. The van der Waals surface area contributed by atoms with Crippen molar-refractivity contribution in [3.05, 3.63) is 21.3 Å². The fourth-order valence-electron chi connectivity index (χ4n) is 1.36. The van der Waals surface area contributed by atoms with E-state index in [0.717, 1.165) is 14.9 Å². The van der Waals surface area contributed by atoms with Crippen LogP contribution in [0.5, 0.6) is 5.75 Å². The third-order valence-corrected chi connectivity index (χ3v) is 2.89. The molecule has 0 bridgehead atoms. The lowest BCUT2D eigenvalue weighted by Crippen LogP contribution is -2.11. The summed E-state index contributed by atoms with van der Waals surface area (Å²) < 4.78 is 6.49. The van der Waals surface area contributed by atoms with Gasteiger partial charge in [-0.1, -0.05) is 0 Å². The van der Waals surface area contributed by atoms with Crippen LogP contribution in [0.15, 0.2) is 12.1 Å². The highest BCUT2D eigenvalue weighted by atomic mass is 127. The van der Waals surface area contributed by atoms with Gasteiger partial charge in [0.1, 0.15) is 12.4 Å². The van der Waals surface area contributed by atoms with Gasteiger partial charge < -0.3 is 16.2 Å². The van der Waals surface area contributed by atoms with E-state index < -0.39 is 0 Å². The van der Waals surface area contributed by atoms with Gasteiger partial charge in [0, 0.05) is 9.13 Å². The topological polar surface area (TPSA) is 61.3 Å². The minimum absolute atomic E-state index is 0.0181. The summed E-state index contributed by atoms with van der Waals surface area (Å²) in [7, 11) is 0. The monoisotopic (exact) mass is 276 g/mol. The van der Waals surface area contributed by atoms with Crippen molar-refractivity contribution in [3.8, 4) is 5.75 Å². The molecule has 0 fully saturated rings. The lowest BCUT2D eigenvalue weighted by molar-refractivity contribution is 0.334. The van der Waals surface area contributed by atoms with Gasteiger partial charge in [-0.05, 0) is 34.7 Å². The van der Waals surface area contributed by atoms with Crippen LogP contribution in [-0.2, 0) is 0 Å². The normalized spacial score (nSPS) is 20.3. The molecule has 3 nitrogen and oxygen atoms in total. The summed E-state index contributed by atoms with van der Waals surface area (Å²) in [5, 5.41) is 0. The molecule has 0 unspecified atom stereocenters. The van der Waals surface area contributed by atoms with Gasteiger partial charge in [0.2, 0.25) is 0 Å². The van der Waals surface area contributed by atoms with E-state index in [9.17, 15) is 0 Å². The maximum absolute atomic E-state index is 5.83. The summed E-state index contributed by atoms with van der Waals surface area (Å²) in [5.74, 6) is 0.773. The van der Waals surface area contributed by atoms with Crippen molar-refractivity contribution in [3.63, 3.8) is 0 Å². The van der Waals surface area contributed by atoms with Crippen molar-refractivity contribution in [2.75, 3.05) is 12.3 Å². The first-order chi connectivity index (χ1) is 5.70.